The van der Waals surface area contributed by atoms with Gasteiger partial charge in [0.1, 0.15) is 11.3 Å². The highest BCUT2D eigenvalue weighted by Crippen LogP contribution is 2.24. The Balaban J connectivity index is 1.52. The van der Waals surface area contributed by atoms with Gasteiger partial charge in [-0.3, -0.25) is 9.78 Å². The molecule has 31 heavy (non-hydrogen) atoms. The van der Waals surface area contributed by atoms with Crippen molar-refractivity contribution in [1.82, 2.24) is 9.88 Å². The van der Waals surface area contributed by atoms with Gasteiger partial charge in [-0.05, 0) is 36.6 Å². The maximum absolute atomic E-state index is 13.4. The average Bonchev–Trinajstić information content (AvgIpc) is 2.83. The highest BCUT2D eigenvalue weighted by atomic mass is 16.5. The number of benzene rings is 3. The Morgan fingerprint density at radius 2 is 1.55 bits per heavy atom. The van der Waals surface area contributed by atoms with Gasteiger partial charge < -0.3 is 9.64 Å². The lowest BCUT2D eigenvalue weighted by Gasteiger charge is -2.26. The minimum atomic E-state index is -0.618. The number of pyridine rings is 1. The molecule has 1 atom stereocenters. The second kappa shape index (κ2) is 9.90. The second-order valence-corrected chi connectivity index (χ2v) is 7.57. The van der Waals surface area contributed by atoms with Gasteiger partial charge in [0.05, 0.1) is 0 Å². The van der Waals surface area contributed by atoms with Crippen LogP contribution in [0.5, 0.6) is 5.75 Å². The lowest BCUT2D eigenvalue weighted by atomic mass is 10.1. The average molecular weight is 411 g/mol. The molecule has 0 spiro atoms. The molecule has 4 heteroatoms. The molecule has 0 fully saturated rings. The van der Waals surface area contributed by atoms with Gasteiger partial charge in [-0.2, -0.15) is 0 Å². The number of amides is 1. The van der Waals surface area contributed by atoms with Gasteiger partial charge in [-0.1, -0.05) is 78.9 Å². The molecule has 0 aliphatic heterocycles. The van der Waals surface area contributed by atoms with Crippen LogP contribution in [0.15, 0.2) is 97.2 Å². The zero-order valence-corrected chi connectivity index (χ0v) is 17.6. The van der Waals surface area contributed by atoms with E-state index in [9.17, 15) is 4.79 Å². The maximum atomic E-state index is 13.4. The van der Waals surface area contributed by atoms with E-state index in [2.05, 4.69) is 17.1 Å². The molecule has 0 radical (unpaired) electrons. The number of hydrogen-bond donors (Lipinski definition) is 0. The molecule has 4 aromatic rings. The van der Waals surface area contributed by atoms with Crippen LogP contribution in [0.4, 0.5) is 0 Å². The Labute approximate surface area is 183 Å². The molecule has 156 valence electrons. The van der Waals surface area contributed by atoms with Gasteiger partial charge in [0.15, 0.2) is 6.10 Å². The van der Waals surface area contributed by atoms with Gasteiger partial charge in [-0.15, -0.1) is 0 Å². The van der Waals surface area contributed by atoms with E-state index in [1.807, 2.05) is 90.7 Å². The minimum Gasteiger partial charge on any atom is -0.479 e. The molecule has 3 aromatic carbocycles. The van der Waals surface area contributed by atoms with Gasteiger partial charge in [0.2, 0.25) is 0 Å². The van der Waals surface area contributed by atoms with Gasteiger partial charge in [0.25, 0.3) is 5.91 Å². The number of rotatable bonds is 8. The highest BCUT2D eigenvalue weighted by molar-refractivity contribution is 5.85. The lowest BCUT2D eigenvalue weighted by Crippen LogP contribution is -2.41. The van der Waals surface area contributed by atoms with E-state index in [4.69, 9.17) is 4.74 Å². The summed E-state index contributed by atoms with van der Waals surface area (Å²) in [5.74, 6) is 0.592. The quantitative estimate of drug-likeness (QED) is 0.397. The van der Waals surface area contributed by atoms with Crippen LogP contribution in [-0.4, -0.2) is 28.4 Å². The second-order valence-electron chi connectivity index (χ2n) is 7.57. The minimum absolute atomic E-state index is 0.0345. The van der Waals surface area contributed by atoms with Crippen molar-refractivity contribution in [2.24, 2.45) is 0 Å². The van der Waals surface area contributed by atoms with Crippen molar-refractivity contribution in [3.63, 3.8) is 0 Å². The lowest BCUT2D eigenvalue weighted by molar-refractivity contribution is -0.138. The van der Waals surface area contributed by atoms with E-state index in [1.165, 1.54) is 5.56 Å². The van der Waals surface area contributed by atoms with Crippen molar-refractivity contribution in [3.8, 4) is 5.75 Å². The Hall–Kier alpha value is -3.66. The molecular formula is C27H26N2O2. The van der Waals surface area contributed by atoms with Crippen LogP contribution in [0.2, 0.25) is 0 Å². The summed E-state index contributed by atoms with van der Waals surface area (Å²) >= 11 is 0. The molecule has 0 N–H and O–H groups in total. The van der Waals surface area contributed by atoms with E-state index in [1.54, 1.807) is 6.20 Å². The molecule has 1 aromatic heterocycles. The Morgan fingerprint density at radius 3 is 2.29 bits per heavy atom. The highest BCUT2D eigenvalue weighted by Gasteiger charge is 2.23. The van der Waals surface area contributed by atoms with Crippen molar-refractivity contribution >= 4 is 16.8 Å². The summed E-state index contributed by atoms with van der Waals surface area (Å²) in [4.78, 5) is 19.7. The van der Waals surface area contributed by atoms with Crippen LogP contribution < -0.4 is 4.74 Å². The first-order valence-electron chi connectivity index (χ1n) is 10.6. The summed E-state index contributed by atoms with van der Waals surface area (Å²) in [5.41, 5.74) is 3.08. The monoisotopic (exact) mass is 410 g/mol. The Bertz CT molecular complexity index is 1120. The standard InChI is InChI=1S/C27H26N2O2/c1-21(31-25-16-8-14-24-15-9-18-28-26(24)25)27(30)29(20-23-12-6-3-7-13-23)19-17-22-10-4-2-5-11-22/h2-16,18,21H,17,19-20H2,1H3/t21-/m0/s1. The molecule has 1 amide bonds. The third-order valence-electron chi connectivity index (χ3n) is 5.29. The first-order chi connectivity index (χ1) is 15.2. The van der Waals surface area contributed by atoms with E-state index in [0.29, 0.717) is 18.8 Å². The van der Waals surface area contributed by atoms with E-state index >= 15 is 0 Å². The van der Waals surface area contributed by atoms with E-state index < -0.39 is 6.10 Å². The number of fused-ring (bicyclic) bond motifs is 1. The number of ether oxygens (including phenoxy) is 1. The molecule has 0 saturated carbocycles. The third kappa shape index (κ3) is 5.28. The molecular weight excluding hydrogens is 384 g/mol. The summed E-state index contributed by atoms with van der Waals surface area (Å²) in [7, 11) is 0. The van der Waals surface area contributed by atoms with E-state index in [-0.39, 0.29) is 5.91 Å². The van der Waals surface area contributed by atoms with Crippen molar-refractivity contribution in [1.29, 1.82) is 0 Å². The summed E-state index contributed by atoms with van der Waals surface area (Å²) < 4.78 is 6.11. The van der Waals surface area contributed by atoms with Crippen LogP contribution in [0.25, 0.3) is 10.9 Å². The topological polar surface area (TPSA) is 42.4 Å². The number of carbonyl (C=O) groups excluding carboxylic acids is 1. The van der Waals surface area contributed by atoms with Crippen molar-refractivity contribution in [3.05, 3.63) is 108 Å². The fraction of sp³-hybridized carbons (Fsp3) is 0.185. The van der Waals surface area contributed by atoms with Gasteiger partial charge in [0, 0.05) is 24.7 Å². The summed E-state index contributed by atoms with van der Waals surface area (Å²) in [6.07, 6.45) is 1.91. The summed E-state index contributed by atoms with van der Waals surface area (Å²) in [6, 6.07) is 30.0. The third-order valence-corrected chi connectivity index (χ3v) is 5.29. The van der Waals surface area contributed by atoms with Crippen molar-refractivity contribution in [2.75, 3.05) is 6.54 Å². The predicted molar refractivity (Wildman–Crippen MR) is 124 cm³/mol. The number of carbonyl (C=O) groups is 1. The Kier molecular flexibility index (Phi) is 6.58. The zero-order valence-electron chi connectivity index (χ0n) is 17.6. The smallest absolute Gasteiger partial charge is 0.263 e. The van der Waals surface area contributed by atoms with Crippen LogP contribution in [0.3, 0.4) is 0 Å². The molecule has 0 bridgehead atoms. The zero-order chi connectivity index (χ0) is 21.5. The maximum Gasteiger partial charge on any atom is 0.263 e. The molecule has 0 unspecified atom stereocenters. The number of aromatic nitrogens is 1. The number of hydrogen-bond acceptors (Lipinski definition) is 3. The summed E-state index contributed by atoms with van der Waals surface area (Å²) in [5, 5.41) is 0.991. The van der Waals surface area contributed by atoms with Crippen LogP contribution in [-0.2, 0) is 17.8 Å². The molecule has 4 nitrogen and oxygen atoms in total. The molecule has 0 aliphatic carbocycles. The first kappa shape index (κ1) is 20.6. The largest absolute Gasteiger partial charge is 0.479 e. The number of para-hydroxylation sites is 1. The van der Waals surface area contributed by atoms with Gasteiger partial charge >= 0.3 is 0 Å². The fourth-order valence-electron chi connectivity index (χ4n) is 3.65. The number of nitrogens with zero attached hydrogens (tertiary/aromatic N) is 2. The first-order valence-corrected chi connectivity index (χ1v) is 10.6. The molecule has 0 saturated heterocycles. The van der Waals surface area contributed by atoms with Crippen LogP contribution in [0, 0.1) is 0 Å². The summed E-state index contributed by atoms with van der Waals surface area (Å²) in [6.45, 7) is 2.98. The molecule has 1 heterocycles. The normalized spacial score (nSPS) is 11.8. The SMILES string of the molecule is C[C@H](Oc1cccc2cccnc12)C(=O)N(CCc1ccccc1)Cc1ccccc1. The predicted octanol–water partition coefficient (Wildman–Crippen LogP) is 5.27. The van der Waals surface area contributed by atoms with Crippen molar-refractivity contribution in [2.45, 2.75) is 26.0 Å². The van der Waals surface area contributed by atoms with E-state index in [0.717, 1.165) is 22.9 Å². The fourth-order valence-corrected chi connectivity index (χ4v) is 3.65. The van der Waals surface area contributed by atoms with Crippen LogP contribution >= 0.6 is 0 Å². The van der Waals surface area contributed by atoms with Crippen LogP contribution in [0.1, 0.15) is 18.1 Å². The van der Waals surface area contributed by atoms with Gasteiger partial charge in [-0.25, -0.2) is 0 Å². The molecule has 4 rings (SSSR count). The Morgan fingerprint density at radius 1 is 0.871 bits per heavy atom. The van der Waals surface area contributed by atoms with Crippen molar-refractivity contribution < 1.29 is 9.53 Å². The molecule has 0 aliphatic rings.